The van der Waals surface area contributed by atoms with Gasteiger partial charge in [0.25, 0.3) is 0 Å². The quantitative estimate of drug-likeness (QED) is 0.836. The Balaban J connectivity index is 1.85. The molecule has 24 heavy (non-hydrogen) atoms. The topological polar surface area (TPSA) is 56.8 Å². The zero-order chi connectivity index (χ0) is 17.5. The minimum atomic E-state index is -0.178. The Morgan fingerprint density at radius 1 is 1.25 bits per heavy atom. The smallest absolute Gasteiger partial charge is 0.319 e. The number of hydrogen-bond donors (Lipinski definition) is 2. The molecule has 2 rings (SSSR count). The molecule has 6 heteroatoms. The largest absolute Gasteiger partial charge is 0.497 e. The lowest BCUT2D eigenvalue weighted by molar-refractivity contribution is 0.0890. The summed E-state index contributed by atoms with van der Waals surface area (Å²) in [6, 6.07) is 7.54. The molecule has 1 saturated heterocycles. The molecule has 1 aliphatic rings. The van der Waals surface area contributed by atoms with Crippen LogP contribution in [0.2, 0.25) is 0 Å². The molecule has 0 saturated carbocycles. The summed E-state index contributed by atoms with van der Waals surface area (Å²) in [5.74, 6) is 1.22. The second-order valence-electron chi connectivity index (χ2n) is 6.72. The second kappa shape index (κ2) is 8.89. The Morgan fingerprint density at radius 3 is 2.58 bits per heavy atom. The first kappa shape index (κ1) is 18.5. The van der Waals surface area contributed by atoms with Gasteiger partial charge in [-0.25, -0.2) is 4.79 Å². The lowest BCUT2D eigenvalue weighted by atomic mass is 10.0. The van der Waals surface area contributed by atoms with Gasteiger partial charge in [0.05, 0.1) is 7.11 Å². The molecule has 0 bridgehead atoms. The van der Waals surface area contributed by atoms with Gasteiger partial charge in [-0.2, -0.15) is 0 Å². The first-order valence-corrected chi connectivity index (χ1v) is 8.61. The van der Waals surface area contributed by atoms with Crippen LogP contribution in [0, 0.1) is 5.92 Å². The van der Waals surface area contributed by atoms with E-state index in [1.807, 2.05) is 18.2 Å². The van der Waals surface area contributed by atoms with Crippen LogP contribution in [0.5, 0.6) is 5.75 Å². The van der Waals surface area contributed by atoms with E-state index < -0.39 is 0 Å². The van der Waals surface area contributed by atoms with E-state index in [1.165, 1.54) is 0 Å². The molecule has 1 fully saturated rings. The summed E-state index contributed by atoms with van der Waals surface area (Å²) in [4.78, 5) is 17.0. The predicted octanol–water partition coefficient (Wildman–Crippen LogP) is 2.09. The maximum Gasteiger partial charge on any atom is 0.319 e. The van der Waals surface area contributed by atoms with Crippen LogP contribution in [-0.4, -0.2) is 68.8 Å². The van der Waals surface area contributed by atoms with E-state index in [1.54, 1.807) is 13.2 Å². The van der Waals surface area contributed by atoms with Gasteiger partial charge in [0, 0.05) is 50.5 Å². The van der Waals surface area contributed by atoms with Crippen LogP contribution in [0.25, 0.3) is 0 Å². The molecule has 1 atom stereocenters. The molecule has 134 valence electrons. The molecule has 1 unspecified atom stereocenters. The number of nitrogens with zero attached hydrogens (tertiary/aromatic N) is 2. The summed E-state index contributed by atoms with van der Waals surface area (Å²) in [5.41, 5.74) is 0.729. The number of piperazine rings is 1. The summed E-state index contributed by atoms with van der Waals surface area (Å²) in [6.45, 7) is 9.35. The molecule has 1 aliphatic heterocycles. The van der Waals surface area contributed by atoms with E-state index in [-0.39, 0.29) is 6.03 Å². The molecular formula is C18H30N4O2. The zero-order valence-electron chi connectivity index (χ0n) is 15.2. The highest BCUT2D eigenvalue weighted by Crippen LogP contribution is 2.17. The van der Waals surface area contributed by atoms with Crippen molar-refractivity contribution in [3.63, 3.8) is 0 Å². The number of ether oxygens (including phenoxy) is 1. The normalized spacial score (nSPS) is 17.5. The molecule has 2 amide bonds. The van der Waals surface area contributed by atoms with Gasteiger partial charge in [-0.15, -0.1) is 0 Å². The third kappa shape index (κ3) is 5.39. The monoisotopic (exact) mass is 334 g/mol. The fourth-order valence-corrected chi connectivity index (χ4v) is 3.01. The number of rotatable bonds is 6. The number of benzene rings is 1. The molecule has 1 heterocycles. The van der Waals surface area contributed by atoms with Crippen LogP contribution in [0.15, 0.2) is 24.3 Å². The van der Waals surface area contributed by atoms with Crippen molar-refractivity contribution in [1.82, 2.24) is 15.1 Å². The van der Waals surface area contributed by atoms with Crippen LogP contribution in [0.1, 0.15) is 13.8 Å². The predicted molar refractivity (Wildman–Crippen MR) is 97.7 cm³/mol. The van der Waals surface area contributed by atoms with Crippen LogP contribution < -0.4 is 15.4 Å². The molecule has 6 nitrogen and oxygen atoms in total. The average Bonchev–Trinajstić information content (AvgIpc) is 2.56. The highest BCUT2D eigenvalue weighted by Gasteiger charge is 2.25. The van der Waals surface area contributed by atoms with Gasteiger partial charge < -0.3 is 20.3 Å². The van der Waals surface area contributed by atoms with Gasteiger partial charge in [-0.1, -0.05) is 19.9 Å². The van der Waals surface area contributed by atoms with Gasteiger partial charge in [-0.3, -0.25) is 4.90 Å². The van der Waals surface area contributed by atoms with Crippen molar-refractivity contribution < 1.29 is 9.53 Å². The zero-order valence-corrected chi connectivity index (χ0v) is 15.2. The van der Waals surface area contributed by atoms with Crippen LogP contribution in [0.3, 0.4) is 0 Å². The fourth-order valence-electron chi connectivity index (χ4n) is 3.01. The number of likely N-dealkylation sites (N-methyl/N-ethyl adjacent to an activating group) is 1. The number of carbonyl (C=O) groups excluding carboxylic acids is 1. The number of amides is 2. The minimum absolute atomic E-state index is 0.178. The maximum absolute atomic E-state index is 12.2. The first-order chi connectivity index (χ1) is 11.5. The Kier molecular flexibility index (Phi) is 6.87. The third-order valence-electron chi connectivity index (χ3n) is 4.58. The Hall–Kier alpha value is -1.79. The molecule has 0 radical (unpaired) electrons. The van der Waals surface area contributed by atoms with E-state index >= 15 is 0 Å². The molecule has 0 spiro atoms. The van der Waals surface area contributed by atoms with E-state index in [2.05, 4.69) is 41.3 Å². The van der Waals surface area contributed by atoms with Gasteiger partial charge in [0.1, 0.15) is 5.75 Å². The highest BCUT2D eigenvalue weighted by molar-refractivity contribution is 5.89. The number of anilines is 1. The molecule has 0 aliphatic carbocycles. The lowest BCUT2D eigenvalue weighted by Crippen LogP contribution is -2.54. The van der Waals surface area contributed by atoms with Crippen LogP contribution >= 0.6 is 0 Å². The highest BCUT2D eigenvalue weighted by atomic mass is 16.5. The molecule has 1 aromatic rings. The van der Waals surface area contributed by atoms with E-state index in [4.69, 9.17) is 4.74 Å². The Morgan fingerprint density at radius 2 is 1.96 bits per heavy atom. The summed E-state index contributed by atoms with van der Waals surface area (Å²) in [6.07, 6.45) is 0. The SMILES string of the molecule is COc1cccc(NC(=O)NCC(C(C)C)N2CCN(C)CC2)c1. The van der Waals surface area contributed by atoms with Crippen molar-refractivity contribution in [2.24, 2.45) is 5.92 Å². The van der Waals surface area contributed by atoms with Crippen molar-refractivity contribution in [3.05, 3.63) is 24.3 Å². The first-order valence-electron chi connectivity index (χ1n) is 8.61. The summed E-state index contributed by atoms with van der Waals surface area (Å²) >= 11 is 0. The van der Waals surface area contributed by atoms with Crippen LogP contribution in [-0.2, 0) is 0 Å². The van der Waals surface area contributed by atoms with Crippen molar-refractivity contribution in [2.45, 2.75) is 19.9 Å². The van der Waals surface area contributed by atoms with Crippen molar-refractivity contribution in [2.75, 3.05) is 52.2 Å². The molecule has 1 aromatic carbocycles. The van der Waals surface area contributed by atoms with Gasteiger partial charge >= 0.3 is 6.03 Å². The summed E-state index contributed by atoms with van der Waals surface area (Å²) < 4.78 is 5.17. The van der Waals surface area contributed by atoms with E-state index in [9.17, 15) is 4.79 Å². The van der Waals surface area contributed by atoms with Crippen molar-refractivity contribution >= 4 is 11.7 Å². The Labute approximate surface area is 145 Å². The number of hydrogen-bond acceptors (Lipinski definition) is 4. The molecule has 0 aromatic heterocycles. The molecule has 2 N–H and O–H groups in total. The standard InChI is InChI=1S/C18H30N4O2/c1-14(2)17(22-10-8-21(3)9-11-22)13-19-18(23)20-15-6-5-7-16(12-15)24-4/h5-7,12,14,17H,8-11,13H2,1-4H3,(H2,19,20,23). The lowest BCUT2D eigenvalue weighted by Gasteiger charge is -2.39. The number of nitrogens with one attached hydrogen (secondary N) is 2. The number of carbonyl (C=O) groups is 1. The van der Waals surface area contributed by atoms with Crippen molar-refractivity contribution in [3.8, 4) is 5.75 Å². The van der Waals surface area contributed by atoms with E-state index in [0.29, 0.717) is 18.5 Å². The van der Waals surface area contributed by atoms with Crippen LogP contribution in [0.4, 0.5) is 10.5 Å². The minimum Gasteiger partial charge on any atom is -0.497 e. The van der Waals surface area contributed by atoms with Gasteiger partial charge in [0.15, 0.2) is 0 Å². The number of methoxy groups -OCH3 is 1. The van der Waals surface area contributed by atoms with Gasteiger partial charge in [-0.05, 0) is 25.1 Å². The average molecular weight is 334 g/mol. The maximum atomic E-state index is 12.2. The van der Waals surface area contributed by atoms with Gasteiger partial charge in [0.2, 0.25) is 0 Å². The summed E-state index contributed by atoms with van der Waals surface area (Å²) in [5, 5.41) is 5.88. The summed E-state index contributed by atoms with van der Waals surface area (Å²) in [7, 11) is 3.77. The second-order valence-corrected chi connectivity index (χ2v) is 6.72. The van der Waals surface area contributed by atoms with E-state index in [0.717, 1.165) is 37.6 Å². The third-order valence-corrected chi connectivity index (χ3v) is 4.58. The molecular weight excluding hydrogens is 304 g/mol. The number of urea groups is 1. The van der Waals surface area contributed by atoms with Crippen molar-refractivity contribution in [1.29, 1.82) is 0 Å². The fraction of sp³-hybridized carbons (Fsp3) is 0.611. The Bertz CT molecular complexity index is 528.